The molecule has 0 aliphatic carbocycles. The molecule has 0 spiro atoms. The molecule has 1 heterocycles. The van der Waals surface area contributed by atoms with Crippen molar-refractivity contribution in [1.29, 1.82) is 0 Å². The number of carbonyl (C=O) groups is 2. The van der Waals surface area contributed by atoms with Crippen LogP contribution in [0.2, 0.25) is 5.02 Å². The van der Waals surface area contributed by atoms with Crippen LogP contribution in [0.1, 0.15) is 35.3 Å². The number of piperazine rings is 1. The third kappa shape index (κ3) is 6.74. The van der Waals surface area contributed by atoms with Gasteiger partial charge in [0.15, 0.2) is 0 Å². The molecule has 1 fully saturated rings. The molecule has 0 saturated carbocycles. The molecule has 1 saturated heterocycles. The Balaban J connectivity index is 1.48. The van der Waals surface area contributed by atoms with Gasteiger partial charge < -0.3 is 9.64 Å². The van der Waals surface area contributed by atoms with Crippen molar-refractivity contribution in [3.63, 3.8) is 0 Å². The number of hydrogen-bond donors (Lipinski definition) is 1. The summed E-state index contributed by atoms with van der Waals surface area (Å²) in [6.07, 6.45) is -0.453. The number of aryl methyl sites for hydroxylation is 1. The molecule has 2 unspecified atom stereocenters. The van der Waals surface area contributed by atoms with E-state index in [0.717, 1.165) is 11.1 Å². The SMILES string of the molecule is Cc1ccc(Br)c(NS(=O)(=O)c2ccc(Cl)c(C(=O)N3CC(C)N(C(=O)OCc4ccccc4)C(C)C3)c2)c1. The minimum absolute atomic E-state index is 0.0716. The van der Waals surface area contributed by atoms with E-state index in [0.29, 0.717) is 10.2 Å². The minimum Gasteiger partial charge on any atom is -0.445 e. The molecule has 8 nitrogen and oxygen atoms in total. The van der Waals surface area contributed by atoms with Gasteiger partial charge in [0, 0.05) is 17.6 Å². The molecule has 1 aliphatic heterocycles. The third-order valence-electron chi connectivity index (χ3n) is 6.47. The van der Waals surface area contributed by atoms with Gasteiger partial charge in [-0.1, -0.05) is 48.0 Å². The van der Waals surface area contributed by atoms with E-state index in [-0.39, 0.29) is 47.3 Å². The van der Waals surface area contributed by atoms with Gasteiger partial charge in [0.2, 0.25) is 0 Å². The smallest absolute Gasteiger partial charge is 0.410 e. The normalized spacial score (nSPS) is 17.6. The zero-order chi connectivity index (χ0) is 28.3. The van der Waals surface area contributed by atoms with Crippen molar-refractivity contribution in [3.8, 4) is 0 Å². The molecule has 2 atom stereocenters. The molecule has 3 aromatic carbocycles. The average molecular weight is 635 g/mol. The quantitative estimate of drug-likeness (QED) is 0.355. The fourth-order valence-corrected chi connectivity index (χ4v) is 6.34. The number of rotatable bonds is 6. The fraction of sp³-hybridized carbons (Fsp3) is 0.286. The summed E-state index contributed by atoms with van der Waals surface area (Å²) in [4.78, 5) is 29.5. The Hall–Kier alpha value is -3.08. The Bertz CT molecular complexity index is 1470. The third-order valence-corrected chi connectivity index (χ3v) is 8.85. The van der Waals surface area contributed by atoms with Crippen LogP contribution in [0.4, 0.5) is 10.5 Å². The van der Waals surface area contributed by atoms with Crippen molar-refractivity contribution in [1.82, 2.24) is 9.80 Å². The summed E-state index contributed by atoms with van der Waals surface area (Å²) in [5, 5.41) is 0.140. The number of amides is 2. The lowest BCUT2D eigenvalue weighted by Gasteiger charge is -2.43. The summed E-state index contributed by atoms with van der Waals surface area (Å²) in [5.74, 6) is -0.412. The van der Waals surface area contributed by atoms with Crippen LogP contribution in [0, 0.1) is 6.92 Å². The van der Waals surface area contributed by atoms with Gasteiger partial charge in [-0.2, -0.15) is 0 Å². The average Bonchev–Trinajstić information content (AvgIpc) is 2.89. The number of nitrogens with zero attached hydrogens (tertiary/aromatic N) is 2. The summed E-state index contributed by atoms with van der Waals surface area (Å²) in [5.41, 5.74) is 2.22. The highest BCUT2D eigenvalue weighted by atomic mass is 79.9. The number of carbonyl (C=O) groups excluding carboxylic acids is 2. The van der Waals surface area contributed by atoms with E-state index >= 15 is 0 Å². The van der Waals surface area contributed by atoms with Gasteiger partial charge in [0.05, 0.1) is 33.3 Å². The van der Waals surface area contributed by atoms with Crippen molar-refractivity contribution >= 4 is 55.2 Å². The van der Waals surface area contributed by atoms with Gasteiger partial charge in [0.25, 0.3) is 15.9 Å². The van der Waals surface area contributed by atoms with E-state index in [1.54, 1.807) is 21.9 Å². The first kappa shape index (κ1) is 28.9. The molecule has 2 amide bonds. The van der Waals surface area contributed by atoms with Gasteiger partial charge in [-0.25, -0.2) is 13.2 Å². The molecular formula is C28H29BrClN3O5S. The Morgan fingerprint density at radius 1 is 1.03 bits per heavy atom. The molecule has 0 bridgehead atoms. The Labute approximate surface area is 242 Å². The van der Waals surface area contributed by atoms with Gasteiger partial charge in [-0.3, -0.25) is 14.4 Å². The highest BCUT2D eigenvalue weighted by Crippen LogP contribution is 2.29. The largest absolute Gasteiger partial charge is 0.445 e. The molecule has 39 heavy (non-hydrogen) atoms. The van der Waals surface area contributed by atoms with E-state index in [2.05, 4.69) is 20.7 Å². The predicted molar refractivity (Wildman–Crippen MR) is 154 cm³/mol. The molecule has 1 N–H and O–H groups in total. The highest BCUT2D eigenvalue weighted by Gasteiger charge is 2.36. The van der Waals surface area contributed by atoms with Gasteiger partial charge in [0.1, 0.15) is 6.61 Å². The number of nitrogens with one attached hydrogen (secondary N) is 1. The van der Waals surface area contributed by atoms with Crippen LogP contribution in [0.25, 0.3) is 0 Å². The van der Waals surface area contributed by atoms with Crippen LogP contribution in [-0.2, 0) is 21.4 Å². The maximum Gasteiger partial charge on any atom is 0.410 e. The van der Waals surface area contributed by atoms with Crippen molar-refractivity contribution in [2.75, 3.05) is 17.8 Å². The van der Waals surface area contributed by atoms with E-state index in [1.165, 1.54) is 18.2 Å². The molecule has 1 aliphatic rings. The van der Waals surface area contributed by atoms with Crippen molar-refractivity contribution in [2.45, 2.75) is 44.4 Å². The molecule has 0 aromatic heterocycles. The predicted octanol–water partition coefficient (Wildman–Crippen LogP) is 6.08. The van der Waals surface area contributed by atoms with Crippen LogP contribution < -0.4 is 4.72 Å². The van der Waals surface area contributed by atoms with E-state index < -0.39 is 22.0 Å². The lowest BCUT2D eigenvalue weighted by Crippen LogP contribution is -2.59. The van der Waals surface area contributed by atoms with Gasteiger partial charge >= 0.3 is 6.09 Å². The monoisotopic (exact) mass is 633 g/mol. The van der Waals surface area contributed by atoms with Gasteiger partial charge in [-0.15, -0.1) is 0 Å². The van der Waals surface area contributed by atoms with Crippen LogP contribution in [0.3, 0.4) is 0 Å². The first-order valence-corrected chi connectivity index (χ1v) is 15.0. The number of hydrogen-bond acceptors (Lipinski definition) is 5. The first-order chi connectivity index (χ1) is 18.5. The second kappa shape index (κ2) is 12.0. The fourth-order valence-electron chi connectivity index (χ4n) is 4.57. The number of anilines is 1. The van der Waals surface area contributed by atoms with Crippen molar-refractivity contribution in [2.24, 2.45) is 0 Å². The number of halogens is 2. The molecule has 4 rings (SSSR count). The van der Waals surface area contributed by atoms with Crippen LogP contribution in [0.15, 0.2) is 76.1 Å². The highest BCUT2D eigenvalue weighted by molar-refractivity contribution is 9.10. The van der Waals surface area contributed by atoms with Crippen molar-refractivity contribution in [3.05, 3.63) is 92.9 Å². The van der Waals surface area contributed by atoms with E-state index in [4.69, 9.17) is 16.3 Å². The zero-order valence-electron chi connectivity index (χ0n) is 21.7. The zero-order valence-corrected chi connectivity index (χ0v) is 24.9. The number of sulfonamides is 1. The van der Waals surface area contributed by atoms with Crippen LogP contribution in [0.5, 0.6) is 0 Å². The van der Waals surface area contributed by atoms with E-state index in [9.17, 15) is 18.0 Å². The molecular weight excluding hydrogens is 606 g/mol. The standard InChI is InChI=1S/C28H29BrClN3O5S/c1-18-9-11-24(29)26(13-18)31-39(36,37)22-10-12-25(30)23(14-22)27(34)32-15-19(2)33(20(3)16-32)28(35)38-17-21-7-5-4-6-8-21/h4-14,19-20,31H,15-17H2,1-3H3. The summed E-state index contributed by atoms with van der Waals surface area (Å²) in [6, 6.07) is 18.1. The maximum atomic E-state index is 13.5. The second-order valence-corrected chi connectivity index (χ2v) is 12.5. The summed E-state index contributed by atoms with van der Waals surface area (Å²) in [6.45, 7) is 6.17. The maximum absolute atomic E-state index is 13.5. The molecule has 0 radical (unpaired) electrons. The lowest BCUT2D eigenvalue weighted by atomic mass is 10.1. The molecule has 3 aromatic rings. The lowest BCUT2D eigenvalue weighted by molar-refractivity contribution is 0.0192. The Morgan fingerprint density at radius 2 is 1.69 bits per heavy atom. The second-order valence-electron chi connectivity index (χ2n) is 9.59. The van der Waals surface area contributed by atoms with E-state index in [1.807, 2.05) is 57.2 Å². The van der Waals surface area contributed by atoms with Gasteiger partial charge in [-0.05, 0) is 78.2 Å². The van der Waals surface area contributed by atoms with Crippen LogP contribution in [-0.4, -0.2) is 55.4 Å². The Morgan fingerprint density at radius 3 is 2.36 bits per heavy atom. The molecule has 11 heteroatoms. The van der Waals surface area contributed by atoms with Crippen LogP contribution >= 0.6 is 27.5 Å². The summed E-state index contributed by atoms with van der Waals surface area (Å²) >= 11 is 9.72. The van der Waals surface area contributed by atoms with Crippen molar-refractivity contribution < 1.29 is 22.7 Å². The Kier molecular flexibility index (Phi) is 8.88. The topological polar surface area (TPSA) is 96.0 Å². The number of benzene rings is 3. The summed E-state index contributed by atoms with van der Waals surface area (Å²) < 4.78 is 35.0. The first-order valence-electron chi connectivity index (χ1n) is 12.3. The molecule has 206 valence electrons. The summed E-state index contributed by atoms with van der Waals surface area (Å²) in [7, 11) is -4.01. The number of ether oxygens (including phenoxy) is 1. The minimum atomic E-state index is -4.01.